The molecule has 0 aliphatic rings. The van der Waals surface area contributed by atoms with Crippen molar-refractivity contribution in [1.29, 1.82) is 0 Å². The van der Waals surface area contributed by atoms with E-state index in [0.717, 1.165) is 0 Å². The molecule has 1 atom stereocenters. The fraction of sp³-hybridized carbons (Fsp3) is 0.962. The van der Waals surface area contributed by atoms with E-state index >= 15 is 0 Å². The molecular formula is C26H52O2. The largest absolute Gasteiger partial charge is 0.469 e. The minimum absolute atomic E-state index is 0.0170. The molecule has 0 aromatic carbocycles. The number of carbonyl (C=O) groups excluding carboxylic acids is 1. The summed E-state index contributed by atoms with van der Waals surface area (Å²) < 4.78 is 4.92. The maximum atomic E-state index is 11.7. The fourth-order valence-corrected chi connectivity index (χ4v) is 4.15. The monoisotopic (exact) mass is 396 g/mol. The lowest BCUT2D eigenvalue weighted by molar-refractivity contribution is -0.141. The number of hydrogen-bond donors (Lipinski definition) is 0. The van der Waals surface area contributed by atoms with E-state index in [1.807, 2.05) is 0 Å². The second-order valence-corrected chi connectivity index (χ2v) is 8.88. The lowest BCUT2D eigenvalue weighted by Crippen LogP contribution is -2.10. The second kappa shape index (κ2) is 22.8. The Labute approximate surface area is 177 Å². The molecule has 2 heteroatoms. The van der Waals surface area contributed by atoms with E-state index in [-0.39, 0.29) is 5.97 Å². The van der Waals surface area contributed by atoms with Crippen molar-refractivity contribution in [3.8, 4) is 0 Å². The maximum absolute atomic E-state index is 11.7. The zero-order valence-corrected chi connectivity index (χ0v) is 19.7. The van der Waals surface area contributed by atoms with Crippen molar-refractivity contribution in [1.82, 2.24) is 0 Å². The van der Waals surface area contributed by atoms with Crippen LogP contribution in [0.3, 0.4) is 0 Å². The molecule has 0 saturated heterocycles. The molecule has 0 fully saturated rings. The van der Waals surface area contributed by atoms with Gasteiger partial charge in [-0.25, -0.2) is 0 Å². The molecular weight excluding hydrogens is 344 g/mol. The summed E-state index contributed by atoms with van der Waals surface area (Å²) in [6.45, 7) is 4.55. The van der Waals surface area contributed by atoms with Gasteiger partial charge in [0.2, 0.25) is 0 Å². The van der Waals surface area contributed by atoms with Crippen LogP contribution in [0.15, 0.2) is 0 Å². The van der Waals surface area contributed by atoms with E-state index in [4.69, 9.17) is 4.74 Å². The molecule has 0 heterocycles. The molecule has 1 unspecified atom stereocenters. The van der Waals surface area contributed by atoms with Crippen LogP contribution < -0.4 is 0 Å². The van der Waals surface area contributed by atoms with E-state index in [9.17, 15) is 4.79 Å². The van der Waals surface area contributed by atoms with Crippen LogP contribution in [0.4, 0.5) is 0 Å². The first-order valence-electron chi connectivity index (χ1n) is 12.8. The molecule has 0 amide bonds. The second-order valence-electron chi connectivity index (χ2n) is 8.88. The lowest BCUT2D eigenvalue weighted by atomic mass is 9.91. The molecule has 0 aliphatic heterocycles. The van der Waals surface area contributed by atoms with Crippen LogP contribution in [0, 0.1) is 5.92 Å². The smallest absolute Gasteiger partial charge is 0.305 e. The van der Waals surface area contributed by atoms with E-state index < -0.39 is 0 Å². The summed E-state index contributed by atoms with van der Waals surface area (Å²) in [5, 5.41) is 0. The van der Waals surface area contributed by atoms with Gasteiger partial charge >= 0.3 is 5.97 Å². The first-order valence-corrected chi connectivity index (χ1v) is 12.8. The predicted octanol–water partition coefficient (Wildman–Crippen LogP) is 9.01. The Bertz CT molecular complexity index is 314. The van der Waals surface area contributed by atoms with Crippen LogP contribution >= 0.6 is 0 Å². The molecule has 0 bridgehead atoms. The number of rotatable bonds is 22. The van der Waals surface area contributed by atoms with E-state index in [2.05, 4.69) is 13.8 Å². The number of methoxy groups -OCH3 is 1. The zero-order valence-electron chi connectivity index (χ0n) is 19.7. The molecule has 0 aromatic rings. The molecule has 0 N–H and O–H groups in total. The van der Waals surface area contributed by atoms with Gasteiger partial charge < -0.3 is 4.74 Å². The Balaban J connectivity index is 3.69. The SMILES string of the molecule is CCCCCCCCCCCCC(CCCCCCCCCC)CC(=O)OC. The quantitative estimate of drug-likeness (QED) is 0.135. The molecule has 168 valence electrons. The topological polar surface area (TPSA) is 26.3 Å². The number of unbranched alkanes of at least 4 members (excludes halogenated alkanes) is 16. The average Bonchev–Trinajstić information content (AvgIpc) is 2.70. The van der Waals surface area contributed by atoms with Crippen LogP contribution in [0.5, 0.6) is 0 Å². The summed E-state index contributed by atoms with van der Waals surface area (Å²) in [5.74, 6) is 0.526. The van der Waals surface area contributed by atoms with E-state index in [0.29, 0.717) is 12.3 Å². The first-order chi connectivity index (χ1) is 13.7. The van der Waals surface area contributed by atoms with Crippen molar-refractivity contribution >= 4 is 5.97 Å². The third kappa shape index (κ3) is 20.2. The minimum atomic E-state index is -0.0170. The van der Waals surface area contributed by atoms with Crippen molar-refractivity contribution in [2.45, 2.75) is 149 Å². The summed E-state index contributed by atoms with van der Waals surface area (Å²) in [6.07, 6.45) is 27.8. The van der Waals surface area contributed by atoms with E-state index in [1.54, 1.807) is 0 Å². The molecule has 0 spiro atoms. The highest BCUT2D eigenvalue weighted by Crippen LogP contribution is 2.23. The maximum Gasteiger partial charge on any atom is 0.305 e. The number of ether oxygens (including phenoxy) is 1. The Morgan fingerprint density at radius 3 is 1.21 bits per heavy atom. The first kappa shape index (κ1) is 27.5. The third-order valence-corrected chi connectivity index (χ3v) is 6.11. The molecule has 2 nitrogen and oxygen atoms in total. The molecule has 0 rings (SSSR count). The third-order valence-electron chi connectivity index (χ3n) is 6.11. The molecule has 0 aromatic heterocycles. The highest BCUT2D eigenvalue weighted by molar-refractivity contribution is 5.69. The van der Waals surface area contributed by atoms with E-state index in [1.165, 1.54) is 136 Å². The molecule has 0 saturated carbocycles. The van der Waals surface area contributed by atoms with Crippen molar-refractivity contribution in [2.75, 3.05) is 7.11 Å². The van der Waals surface area contributed by atoms with Crippen LogP contribution in [0.2, 0.25) is 0 Å². The summed E-state index contributed by atoms with van der Waals surface area (Å²) in [5.41, 5.74) is 0. The standard InChI is InChI=1S/C26H52O2/c1-4-6-8-10-12-14-15-17-19-21-23-25(24-26(27)28-3)22-20-18-16-13-11-9-7-5-2/h25H,4-24H2,1-3H3. The molecule has 28 heavy (non-hydrogen) atoms. The van der Waals surface area contributed by atoms with Gasteiger partial charge in [0.15, 0.2) is 0 Å². The van der Waals surface area contributed by atoms with Gasteiger partial charge in [-0.15, -0.1) is 0 Å². The molecule has 0 aliphatic carbocycles. The van der Waals surface area contributed by atoms with Crippen LogP contribution in [-0.4, -0.2) is 13.1 Å². The fourth-order valence-electron chi connectivity index (χ4n) is 4.15. The Morgan fingerprint density at radius 1 is 0.571 bits per heavy atom. The summed E-state index contributed by atoms with van der Waals surface area (Å²) in [7, 11) is 1.52. The number of hydrogen-bond acceptors (Lipinski definition) is 2. The van der Waals surface area contributed by atoms with Gasteiger partial charge in [0.25, 0.3) is 0 Å². The average molecular weight is 397 g/mol. The van der Waals surface area contributed by atoms with Crippen molar-refractivity contribution in [3.63, 3.8) is 0 Å². The van der Waals surface area contributed by atoms with Crippen molar-refractivity contribution in [3.05, 3.63) is 0 Å². The summed E-state index contributed by atoms with van der Waals surface area (Å²) >= 11 is 0. The lowest BCUT2D eigenvalue weighted by Gasteiger charge is -2.15. The van der Waals surface area contributed by atoms with Gasteiger partial charge in [-0.05, 0) is 18.8 Å². The van der Waals surface area contributed by atoms with Gasteiger partial charge in [0.05, 0.1) is 7.11 Å². The van der Waals surface area contributed by atoms with Crippen molar-refractivity contribution in [2.24, 2.45) is 5.92 Å². The van der Waals surface area contributed by atoms with Gasteiger partial charge in [0, 0.05) is 6.42 Å². The molecule has 0 radical (unpaired) electrons. The van der Waals surface area contributed by atoms with Crippen LogP contribution in [0.1, 0.15) is 149 Å². The highest BCUT2D eigenvalue weighted by Gasteiger charge is 2.13. The zero-order chi connectivity index (χ0) is 20.7. The normalized spacial score (nSPS) is 12.2. The van der Waals surface area contributed by atoms with Gasteiger partial charge in [-0.3, -0.25) is 4.79 Å². The van der Waals surface area contributed by atoms with Crippen molar-refractivity contribution < 1.29 is 9.53 Å². The predicted molar refractivity (Wildman–Crippen MR) is 124 cm³/mol. The Hall–Kier alpha value is -0.530. The van der Waals surface area contributed by atoms with Crippen LogP contribution in [-0.2, 0) is 9.53 Å². The number of esters is 1. The summed E-state index contributed by atoms with van der Waals surface area (Å²) in [4.78, 5) is 11.7. The Kier molecular flexibility index (Phi) is 22.3. The van der Waals surface area contributed by atoms with Gasteiger partial charge in [-0.2, -0.15) is 0 Å². The van der Waals surface area contributed by atoms with Gasteiger partial charge in [0.1, 0.15) is 0 Å². The van der Waals surface area contributed by atoms with Crippen LogP contribution in [0.25, 0.3) is 0 Å². The minimum Gasteiger partial charge on any atom is -0.469 e. The Morgan fingerprint density at radius 2 is 0.893 bits per heavy atom. The highest BCUT2D eigenvalue weighted by atomic mass is 16.5. The van der Waals surface area contributed by atoms with Gasteiger partial charge in [-0.1, -0.05) is 129 Å². The summed E-state index contributed by atoms with van der Waals surface area (Å²) in [6, 6.07) is 0. The number of carbonyl (C=O) groups is 1.